The third-order valence-corrected chi connectivity index (χ3v) is 14.5. The van der Waals surface area contributed by atoms with Gasteiger partial charge in [-0.3, -0.25) is 4.79 Å². The zero-order chi connectivity index (χ0) is 27.3. The van der Waals surface area contributed by atoms with E-state index in [-0.39, 0.29) is 21.7 Å². The Labute approximate surface area is 225 Å². The van der Waals surface area contributed by atoms with Crippen LogP contribution in [0.15, 0.2) is 11.6 Å². The molecule has 4 rings (SSSR count). The Morgan fingerprint density at radius 3 is 2.14 bits per heavy atom. The predicted octanol–water partition coefficient (Wildman–Crippen LogP) is 10.1. The van der Waals surface area contributed by atoms with Crippen molar-refractivity contribution < 1.29 is 4.79 Å². The lowest BCUT2D eigenvalue weighted by Gasteiger charge is -2.67. The molecule has 0 aromatic rings. The molecule has 36 heavy (non-hydrogen) atoms. The van der Waals surface area contributed by atoms with Gasteiger partial charge in [0.1, 0.15) is 0 Å². The van der Waals surface area contributed by atoms with E-state index in [9.17, 15) is 4.79 Å². The molecule has 0 amide bonds. The number of rotatable bonds is 4. The molecular weight excluding hydrogens is 436 g/mol. The van der Waals surface area contributed by atoms with Gasteiger partial charge in [0, 0.05) is 5.41 Å². The van der Waals surface area contributed by atoms with E-state index in [0.29, 0.717) is 52.1 Å². The van der Waals surface area contributed by atoms with Gasteiger partial charge in [-0.2, -0.15) is 0 Å². The van der Waals surface area contributed by atoms with Crippen LogP contribution in [-0.4, -0.2) is 5.78 Å². The topological polar surface area (TPSA) is 17.1 Å². The van der Waals surface area contributed by atoms with Gasteiger partial charge in [0.05, 0.1) is 0 Å². The molecule has 0 bridgehead atoms. The summed E-state index contributed by atoms with van der Waals surface area (Å²) in [5.74, 6) is 4.30. The number of hydrogen-bond donors (Lipinski definition) is 0. The van der Waals surface area contributed by atoms with Crippen LogP contribution in [0.1, 0.15) is 135 Å². The first-order valence-corrected chi connectivity index (χ1v) is 15.5. The first kappa shape index (κ1) is 28.4. The summed E-state index contributed by atoms with van der Waals surface area (Å²) in [7, 11) is 0. The maximum absolute atomic E-state index is 14.1. The molecule has 0 heterocycles. The monoisotopic (exact) mass is 496 g/mol. The number of fused-ring (bicyclic) bond motifs is 5. The molecule has 0 aliphatic heterocycles. The van der Waals surface area contributed by atoms with Crippen molar-refractivity contribution in [1.29, 1.82) is 0 Å². The molecule has 0 radical (unpaired) electrons. The summed E-state index contributed by atoms with van der Waals surface area (Å²) in [5.41, 5.74) is 2.55. The Hall–Kier alpha value is -0.590. The maximum Gasteiger partial charge on any atom is 0.162 e. The molecule has 0 saturated heterocycles. The number of hydrogen-bond acceptors (Lipinski definition) is 1. The Bertz CT molecular complexity index is 917. The smallest absolute Gasteiger partial charge is 0.162 e. The summed E-state index contributed by atoms with van der Waals surface area (Å²) in [6.45, 7) is 32.3. The Morgan fingerprint density at radius 2 is 1.56 bits per heavy atom. The normalized spacial score (nSPS) is 48.1. The summed E-state index contributed by atoms with van der Waals surface area (Å²) < 4.78 is 0. The maximum atomic E-state index is 14.1. The third kappa shape index (κ3) is 3.62. The van der Waals surface area contributed by atoms with E-state index in [1.807, 2.05) is 0 Å². The number of carbonyl (C=O) groups excluding carboxylic acids is 1. The summed E-state index contributed by atoms with van der Waals surface area (Å²) >= 11 is 0. The molecule has 0 N–H and O–H groups in total. The highest BCUT2D eigenvalue weighted by molar-refractivity contribution is 5.97. The van der Waals surface area contributed by atoms with E-state index in [0.717, 1.165) is 6.42 Å². The molecule has 1 nitrogen and oxygen atoms in total. The lowest BCUT2D eigenvalue weighted by atomic mass is 9.36. The molecule has 1 unspecified atom stereocenters. The zero-order valence-corrected chi connectivity index (χ0v) is 26.4. The lowest BCUT2D eigenvalue weighted by Crippen LogP contribution is -2.63. The average Bonchev–Trinajstić information content (AvgIpc) is 3.05. The minimum absolute atomic E-state index is 0.0675. The SMILES string of the molecule is C[C@@H]1[C@H](C)C[C@@]2(C)C(=O)C=C3C(CC[C@]4(C)[C@@H](C(C)(C)[C@H](C)CCC(C)(C)C)CC[C@@]34C)[C@@]2(C)[C@@H]1C. The first-order chi connectivity index (χ1) is 16.3. The minimum Gasteiger partial charge on any atom is -0.294 e. The molecule has 0 aromatic carbocycles. The van der Waals surface area contributed by atoms with Gasteiger partial charge in [-0.15, -0.1) is 0 Å². The van der Waals surface area contributed by atoms with Crippen LogP contribution in [0.25, 0.3) is 0 Å². The molecule has 10 atom stereocenters. The Balaban J connectivity index is 1.73. The summed E-state index contributed by atoms with van der Waals surface area (Å²) in [6, 6.07) is 0. The molecular formula is C35H60O. The average molecular weight is 497 g/mol. The molecule has 3 saturated carbocycles. The van der Waals surface area contributed by atoms with Crippen molar-refractivity contribution in [2.75, 3.05) is 0 Å². The number of carbonyl (C=O) groups is 1. The van der Waals surface area contributed by atoms with Crippen LogP contribution in [0.3, 0.4) is 0 Å². The van der Waals surface area contributed by atoms with Gasteiger partial charge in [-0.25, -0.2) is 0 Å². The van der Waals surface area contributed by atoms with E-state index in [1.54, 1.807) is 5.57 Å². The van der Waals surface area contributed by atoms with Gasteiger partial charge in [0.2, 0.25) is 0 Å². The van der Waals surface area contributed by atoms with E-state index in [1.165, 1.54) is 38.5 Å². The molecule has 4 aliphatic rings. The number of allylic oxidation sites excluding steroid dienone is 2. The molecule has 0 spiro atoms. The van der Waals surface area contributed by atoms with Crippen molar-refractivity contribution in [3.8, 4) is 0 Å². The minimum atomic E-state index is -0.213. The van der Waals surface area contributed by atoms with Crippen molar-refractivity contribution >= 4 is 5.78 Å². The Kier molecular flexibility index (Phi) is 6.67. The van der Waals surface area contributed by atoms with Crippen molar-refractivity contribution in [1.82, 2.24) is 0 Å². The van der Waals surface area contributed by atoms with Crippen LogP contribution >= 0.6 is 0 Å². The van der Waals surface area contributed by atoms with Crippen molar-refractivity contribution in [2.45, 2.75) is 135 Å². The molecule has 1 heteroatoms. The summed E-state index contributed by atoms with van der Waals surface area (Å²) in [5, 5.41) is 0. The van der Waals surface area contributed by atoms with Gasteiger partial charge in [-0.05, 0) is 114 Å². The van der Waals surface area contributed by atoms with E-state index in [2.05, 4.69) is 96.1 Å². The van der Waals surface area contributed by atoms with Crippen molar-refractivity contribution in [3.63, 3.8) is 0 Å². The van der Waals surface area contributed by atoms with Crippen molar-refractivity contribution in [3.05, 3.63) is 11.6 Å². The predicted molar refractivity (Wildman–Crippen MR) is 155 cm³/mol. The standard InChI is InChI=1S/C35H60O/c1-22-21-34(12)29(36)20-27-26(35(34,13)25(4)24(22)3)15-18-33(11)28(16-19-32(27,33)10)31(8,9)23(2)14-17-30(5,6)7/h20,22-26,28H,14-19,21H2,1-13H3/t22-,23-,24-,25-,26?,28-,32+,33-,34+,35-/m1/s1. The third-order valence-electron chi connectivity index (χ3n) is 14.5. The van der Waals surface area contributed by atoms with E-state index in [4.69, 9.17) is 0 Å². The Morgan fingerprint density at radius 1 is 0.944 bits per heavy atom. The highest BCUT2D eigenvalue weighted by atomic mass is 16.1. The van der Waals surface area contributed by atoms with Crippen LogP contribution in [0.2, 0.25) is 0 Å². The summed E-state index contributed by atoms with van der Waals surface area (Å²) in [4.78, 5) is 14.1. The fraction of sp³-hybridized carbons (Fsp3) is 0.914. The fourth-order valence-electron chi connectivity index (χ4n) is 10.7. The first-order valence-electron chi connectivity index (χ1n) is 15.5. The second kappa shape index (κ2) is 8.45. The van der Waals surface area contributed by atoms with Gasteiger partial charge in [0.25, 0.3) is 0 Å². The highest BCUT2D eigenvalue weighted by Gasteiger charge is 2.70. The quantitative estimate of drug-likeness (QED) is 0.378. The van der Waals surface area contributed by atoms with Gasteiger partial charge < -0.3 is 0 Å². The van der Waals surface area contributed by atoms with Crippen LogP contribution < -0.4 is 0 Å². The fourth-order valence-corrected chi connectivity index (χ4v) is 10.7. The number of ketones is 1. The highest BCUT2D eigenvalue weighted by Crippen LogP contribution is 2.76. The van der Waals surface area contributed by atoms with Crippen LogP contribution in [0.4, 0.5) is 0 Å². The lowest BCUT2D eigenvalue weighted by molar-refractivity contribution is -0.166. The van der Waals surface area contributed by atoms with Crippen LogP contribution in [0.5, 0.6) is 0 Å². The van der Waals surface area contributed by atoms with Gasteiger partial charge in [0.15, 0.2) is 5.78 Å². The van der Waals surface area contributed by atoms with E-state index >= 15 is 0 Å². The zero-order valence-electron chi connectivity index (χ0n) is 26.4. The molecule has 0 aromatic heterocycles. The van der Waals surface area contributed by atoms with Crippen molar-refractivity contribution in [2.24, 2.45) is 68.0 Å². The molecule has 206 valence electrons. The van der Waals surface area contributed by atoms with E-state index < -0.39 is 0 Å². The summed E-state index contributed by atoms with van der Waals surface area (Å²) in [6.07, 6.45) is 11.1. The van der Waals surface area contributed by atoms with Gasteiger partial charge >= 0.3 is 0 Å². The largest absolute Gasteiger partial charge is 0.294 e. The molecule has 4 aliphatic carbocycles. The molecule has 3 fully saturated rings. The second-order valence-electron chi connectivity index (χ2n) is 17.2. The second-order valence-corrected chi connectivity index (χ2v) is 17.2. The van der Waals surface area contributed by atoms with Crippen LogP contribution in [-0.2, 0) is 4.79 Å². The van der Waals surface area contributed by atoms with Gasteiger partial charge in [-0.1, -0.05) is 95.6 Å². The van der Waals surface area contributed by atoms with Crippen LogP contribution in [0, 0.1) is 68.0 Å².